The van der Waals surface area contributed by atoms with Gasteiger partial charge in [-0.3, -0.25) is 14.5 Å². The number of nitrogens with one attached hydrogen (secondary N) is 3. The third-order valence-corrected chi connectivity index (χ3v) is 13.1. The quantitative estimate of drug-likeness (QED) is 0.130. The van der Waals surface area contributed by atoms with E-state index in [-0.39, 0.29) is 41.1 Å². The predicted molar refractivity (Wildman–Crippen MR) is 218 cm³/mol. The number of likely N-dealkylation sites (N-methyl/N-ethyl adjacent to an activating group) is 1. The summed E-state index contributed by atoms with van der Waals surface area (Å²) in [6.45, 7) is 8.73. The van der Waals surface area contributed by atoms with Gasteiger partial charge in [0.15, 0.2) is 0 Å². The summed E-state index contributed by atoms with van der Waals surface area (Å²) in [7, 11) is 2.76. The number of aromatic nitrogens is 4. The van der Waals surface area contributed by atoms with Crippen LogP contribution in [0.2, 0.25) is 0 Å². The van der Waals surface area contributed by atoms with Crippen molar-refractivity contribution in [2.45, 2.75) is 102 Å². The Balaban J connectivity index is 1.03. The highest BCUT2D eigenvalue weighted by atomic mass is 16.5. The number of nitrogens with zero attached hydrogens (tertiary/aromatic N) is 5. The number of H-pyrrole nitrogens is 2. The zero-order chi connectivity index (χ0) is 41.0. The van der Waals surface area contributed by atoms with Crippen molar-refractivity contribution in [3.05, 3.63) is 71.6 Å². The maximum atomic E-state index is 13.8. The van der Waals surface area contributed by atoms with Gasteiger partial charge in [0.1, 0.15) is 23.7 Å². The number of imidazole rings is 2. The molecule has 2 aromatic heterocycles. The number of carbonyl (C=O) groups excluding carboxylic acids is 3. The Labute approximate surface area is 338 Å². The Bertz CT molecular complexity index is 2240. The molecular formula is C44H54N8O6. The molecule has 4 heterocycles. The second-order valence-electron chi connectivity index (χ2n) is 17.1. The normalized spacial score (nSPS) is 20.2. The molecule has 14 heteroatoms. The highest BCUT2D eigenvalue weighted by molar-refractivity contribution is 5.88. The topological polar surface area (TPSA) is 177 Å². The van der Waals surface area contributed by atoms with Crippen molar-refractivity contribution in [2.24, 2.45) is 11.8 Å². The van der Waals surface area contributed by atoms with Crippen molar-refractivity contribution in [3.63, 3.8) is 0 Å². The Hall–Kier alpha value is -5.66. The zero-order valence-corrected chi connectivity index (χ0v) is 34.2. The molecule has 58 heavy (non-hydrogen) atoms. The maximum Gasteiger partial charge on any atom is 0.407 e. The van der Waals surface area contributed by atoms with Gasteiger partial charge < -0.3 is 34.9 Å². The number of likely N-dealkylation sites (tertiary alicyclic amines) is 2. The summed E-state index contributed by atoms with van der Waals surface area (Å²) in [6, 6.07) is 11.4. The van der Waals surface area contributed by atoms with E-state index in [4.69, 9.17) is 14.7 Å². The van der Waals surface area contributed by atoms with Crippen molar-refractivity contribution < 1.29 is 29.0 Å². The van der Waals surface area contributed by atoms with E-state index in [1.54, 1.807) is 4.90 Å². The molecule has 14 nitrogen and oxygen atoms in total. The zero-order valence-electron chi connectivity index (χ0n) is 34.2. The Kier molecular flexibility index (Phi) is 10.3. The molecule has 0 bridgehead atoms. The molecular weight excluding hydrogens is 737 g/mol. The van der Waals surface area contributed by atoms with Gasteiger partial charge in [0, 0.05) is 25.6 Å². The highest BCUT2D eigenvalue weighted by Gasteiger charge is 2.48. The third-order valence-electron chi connectivity index (χ3n) is 13.1. The van der Waals surface area contributed by atoms with Crippen molar-refractivity contribution in [3.8, 4) is 33.6 Å². The number of hydrogen-bond acceptors (Lipinski definition) is 7. The van der Waals surface area contributed by atoms with Crippen molar-refractivity contribution in [1.82, 2.24) is 40.0 Å². The lowest BCUT2D eigenvalue weighted by molar-refractivity contribution is -0.138. The van der Waals surface area contributed by atoms with Crippen LogP contribution in [0.15, 0.2) is 48.8 Å². The first-order valence-corrected chi connectivity index (χ1v) is 20.6. The molecule has 1 saturated carbocycles. The summed E-state index contributed by atoms with van der Waals surface area (Å²) in [5, 5.41) is 12.4. The number of hydrogen-bond donors (Lipinski definition) is 4. The Morgan fingerprint density at radius 1 is 0.810 bits per heavy atom. The van der Waals surface area contributed by atoms with Crippen molar-refractivity contribution >= 4 is 24.0 Å². The van der Waals surface area contributed by atoms with Crippen molar-refractivity contribution in [2.75, 3.05) is 27.2 Å². The van der Waals surface area contributed by atoms with Crippen LogP contribution in [-0.2, 0) is 19.7 Å². The number of methoxy groups -OCH3 is 1. The monoisotopic (exact) mass is 790 g/mol. The number of carbonyl (C=O) groups is 4. The molecule has 2 saturated heterocycles. The number of rotatable bonds is 10. The fourth-order valence-electron chi connectivity index (χ4n) is 9.90. The average Bonchev–Trinajstić information content (AvgIpc) is 4.03. The molecule has 4 atom stereocenters. The lowest BCUT2D eigenvalue weighted by atomic mass is 9.62. The van der Waals surface area contributed by atoms with Crippen LogP contribution in [0.4, 0.5) is 9.59 Å². The molecule has 4 aromatic rings. The van der Waals surface area contributed by atoms with E-state index in [1.165, 1.54) is 36.4 Å². The molecule has 8 rings (SSSR count). The molecule has 1 spiro atoms. The largest absolute Gasteiger partial charge is 0.465 e. The van der Waals surface area contributed by atoms with Crippen LogP contribution in [0.25, 0.3) is 33.6 Å². The smallest absolute Gasteiger partial charge is 0.407 e. The van der Waals surface area contributed by atoms with Gasteiger partial charge in [0.2, 0.25) is 11.8 Å². The molecule has 4 amide bonds. The number of benzene rings is 2. The first-order chi connectivity index (χ1) is 27.8. The van der Waals surface area contributed by atoms with Crippen LogP contribution in [0.1, 0.15) is 108 Å². The van der Waals surface area contributed by atoms with Gasteiger partial charge in [-0.2, -0.15) is 0 Å². The number of amides is 4. The van der Waals surface area contributed by atoms with Gasteiger partial charge >= 0.3 is 12.2 Å². The minimum absolute atomic E-state index is 0.0910. The summed E-state index contributed by atoms with van der Waals surface area (Å²) in [5.74, 6) is 0.852. The lowest BCUT2D eigenvalue weighted by Crippen LogP contribution is -2.51. The molecule has 306 valence electrons. The van der Waals surface area contributed by atoms with Crippen LogP contribution >= 0.6 is 0 Å². The fraction of sp³-hybridized carbons (Fsp3) is 0.500. The molecule has 3 fully saturated rings. The van der Waals surface area contributed by atoms with Crippen molar-refractivity contribution in [1.29, 1.82) is 0 Å². The molecule has 0 radical (unpaired) electrons. The van der Waals surface area contributed by atoms with E-state index in [2.05, 4.69) is 51.7 Å². The van der Waals surface area contributed by atoms with E-state index in [9.17, 15) is 24.3 Å². The second-order valence-corrected chi connectivity index (χ2v) is 17.1. The van der Waals surface area contributed by atoms with E-state index >= 15 is 0 Å². The summed E-state index contributed by atoms with van der Waals surface area (Å²) >= 11 is 0. The van der Waals surface area contributed by atoms with E-state index < -0.39 is 24.3 Å². The van der Waals surface area contributed by atoms with Crippen LogP contribution in [0, 0.1) is 11.8 Å². The number of alkyl carbamates (subject to hydrolysis) is 1. The average molecular weight is 791 g/mol. The highest BCUT2D eigenvalue weighted by Crippen LogP contribution is 2.59. The molecule has 1 unspecified atom stereocenters. The van der Waals surface area contributed by atoms with Crippen LogP contribution in [0.3, 0.4) is 0 Å². The van der Waals surface area contributed by atoms with E-state index in [0.717, 1.165) is 84.0 Å². The SMILES string of the molecule is COC(=O)N[C@H](C(=O)N1CCCC1c1ncc(-c2ccc3c(c2)C2(CCC2)c2cc(-c4cnc([C@@H]5CCCN5C(=O)[C@H](C(C)C)N(C)C(=O)O)[nH]4)ccc2-3)[nH]1)C(C)C. The maximum absolute atomic E-state index is 13.8. The summed E-state index contributed by atoms with van der Waals surface area (Å²) in [6.07, 6.45) is 8.43. The van der Waals surface area contributed by atoms with Gasteiger partial charge in [-0.1, -0.05) is 58.4 Å². The Morgan fingerprint density at radius 2 is 1.33 bits per heavy atom. The van der Waals surface area contributed by atoms with Crippen LogP contribution in [0.5, 0.6) is 0 Å². The van der Waals surface area contributed by atoms with Gasteiger partial charge in [0.25, 0.3) is 0 Å². The molecule has 2 aliphatic heterocycles. The van der Waals surface area contributed by atoms with Gasteiger partial charge in [-0.15, -0.1) is 0 Å². The molecule has 2 aliphatic carbocycles. The summed E-state index contributed by atoms with van der Waals surface area (Å²) in [4.78, 5) is 72.8. The number of aromatic amines is 2. The third kappa shape index (κ3) is 6.59. The van der Waals surface area contributed by atoms with E-state index in [1.807, 2.05) is 45.0 Å². The van der Waals surface area contributed by atoms with Gasteiger partial charge in [0.05, 0.1) is 43.0 Å². The molecule has 4 N–H and O–H groups in total. The van der Waals surface area contributed by atoms with Gasteiger partial charge in [-0.25, -0.2) is 19.6 Å². The minimum Gasteiger partial charge on any atom is -0.465 e. The minimum atomic E-state index is -1.12. The summed E-state index contributed by atoms with van der Waals surface area (Å²) < 4.78 is 4.79. The first kappa shape index (κ1) is 39.2. The lowest BCUT2D eigenvalue weighted by Gasteiger charge is -2.41. The summed E-state index contributed by atoms with van der Waals surface area (Å²) in [5.41, 5.74) is 8.90. The molecule has 4 aliphatic rings. The van der Waals surface area contributed by atoms with Crippen LogP contribution in [-0.4, -0.2) is 103 Å². The van der Waals surface area contributed by atoms with Crippen LogP contribution < -0.4 is 5.32 Å². The number of fused-ring (bicyclic) bond motifs is 5. The number of carboxylic acid groups (broad SMARTS) is 1. The van der Waals surface area contributed by atoms with E-state index in [0.29, 0.717) is 13.1 Å². The predicted octanol–water partition coefficient (Wildman–Crippen LogP) is 7.26. The molecule has 2 aromatic carbocycles. The van der Waals surface area contributed by atoms with Gasteiger partial charge in [-0.05, 0) is 95.9 Å². The standard InChI is InChI=1S/C44H54N8O6/c1-24(2)36(49-42(55)58-6)40(53)51-18-7-10-34(51)38-45-22-32(47-38)26-12-14-28-29-15-13-27(21-31(29)44(16-9-17-44)30(28)20-26)33-23-46-39(48-33)35-11-8-19-52(35)41(54)37(25(3)4)50(5)43(56)57/h12-15,20-25,34-37H,7-11,16-19H2,1-6H3,(H,45,47)(H,46,48)(H,49,55)(H,56,57)/t34?,35-,36-,37-/m0/s1. The first-order valence-electron chi connectivity index (χ1n) is 20.6. The number of ether oxygens (including phenoxy) is 1. The fourth-order valence-corrected chi connectivity index (χ4v) is 9.90. The Morgan fingerprint density at radius 3 is 1.76 bits per heavy atom. The second kappa shape index (κ2) is 15.3.